The summed E-state index contributed by atoms with van der Waals surface area (Å²) in [7, 11) is 0. The molecule has 0 fully saturated rings. The summed E-state index contributed by atoms with van der Waals surface area (Å²) in [6.45, 7) is 3.97. The van der Waals surface area contributed by atoms with E-state index in [0.717, 1.165) is 16.9 Å². The number of amidine groups is 1. The molecule has 2 aromatic carbocycles. The molecule has 0 radical (unpaired) electrons. The Bertz CT molecular complexity index is 669. The molecule has 0 aliphatic carbocycles. The van der Waals surface area contributed by atoms with Crippen molar-refractivity contribution in [3.05, 3.63) is 57.6 Å². The first kappa shape index (κ1) is 14.4. The summed E-state index contributed by atoms with van der Waals surface area (Å²) < 4.78 is 6.63. The topological polar surface area (TPSA) is 67.8 Å². The van der Waals surface area contributed by atoms with Gasteiger partial charge in [0.25, 0.3) is 0 Å². The zero-order chi connectivity index (χ0) is 14.7. The first-order valence-corrected chi connectivity index (χ1v) is 6.83. The van der Waals surface area contributed by atoms with Gasteiger partial charge in [0.05, 0.1) is 5.56 Å². The molecule has 4 nitrogen and oxygen atoms in total. The standard InChI is InChI=1S/C15H15BrN2O2/c1-9-6-7-10(2)13(8-9)20-12-5-3-4-11(16)14(12)15(17)18-19/h3-8,19H,1-2H3,(H2,17,18). The van der Waals surface area contributed by atoms with Gasteiger partial charge in [0.1, 0.15) is 11.5 Å². The molecule has 2 aromatic rings. The molecule has 0 atom stereocenters. The number of nitrogens with zero attached hydrogens (tertiary/aromatic N) is 1. The van der Waals surface area contributed by atoms with E-state index in [-0.39, 0.29) is 5.84 Å². The lowest BCUT2D eigenvalue weighted by molar-refractivity contribution is 0.318. The van der Waals surface area contributed by atoms with Crippen molar-refractivity contribution in [3.63, 3.8) is 0 Å². The second kappa shape index (κ2) is 5.96. The molecule has 104 valence electrons. The predicted octanol–water partition coefficient (Wildman–Crippen LogP) is 3.95. The van der Waals surface area contributed by atoms with E-state index in [1.807, 2.05) is 44.2 Å². The van der Waals surface area contributed by atoms with Crippen LogP contribution in [0.3, 0.4) is 0 Å². The second-order valence-electron chi connectivity index (χ2n) is 4.47. The van der Waals surface area contributed by atoms with Gasteiger partial charge in [-0.2, -0.15) is 0 Å². The van der Waals surface area contributed by atoms with Crippen molar-refractivity contribution in [3.8, 4) is 11.5 Å². The Hall–Kier alpha value is -2.01. The molecule has 3 N–H and O–H groups in total. The lowest BCUT2D eigenvalue weighted by atomic mass is 10.1. The maximum atomic E-state index is 8.89. The van der Waals surface area contributed by atoms with E-state index in [2.05, 4.69) is 21.1 Å². The highest BCUT2D eigenvalue weighted by Gasteiger charge is 2.14. The third kappa shape index (κ3) is 2.93. The van der Waals surface area contributed by atoms with Crippen molar-refractivity contribution >= 4 is 21.8 Å². The molecule has 0 aliphatic rings. The lowest BCUT2D eigenvalue weighted by Gasteiger charge is -2.14. The lowest BCUT2D eigenvalue weighted by Crippen LogP contribution is -2.15. The van der Waals surface area contributed by atoms with Crippen LogP contribution in [0.4, 0.5) is 0 Å². The third-order valence-electron chi connectivity index (χ3n) is 2.90. The summed E-state index contributed by atoms with van der Waals surface area (Å²) >= 11 is 3.38. The average Bonchev–Trinajstić information content (AvgIpc) is 2.42. The summed E-state index contributed by atoms with van der Waals surface area (Å²) in [5.41, 5.74) is 8.35. The second-order valence-corrected chi connectivity index (χ2v) is 5.32. The van der Waals surface area contributed by atoms with Crippen molar-refractivity contribution in [2.75, 3.05) is 0 Å². The molecular formula is C15H15BrN2O2. The van der Waals surface area contributed by atoms with Crippen LogP contribution in [0.25, 0.3) is 0 Å². The van der Waals surface area contributed by atoms with Crippen molar-refractivity contribution in [2.24, 2.45) is 10.9 Å². The van der Waals surface area contributed by atoms with Gasteiger partial charge in [-0.1, -0.05) is 23.4 Å². The van der Waals surface area contributed by atoms with Gasteiger partial charge >= 0.3 is 0 Å². The minimum Gasteiger partial charge on any atom is -0.456 e. The van der Waals surface area contributed by atoms with Crippen molar-refractivity contribution < 1.29 is 9.94 Å². The van der Waals surface area contributed by atoms with Crippen LogP contribution in [0.1, 0.15) is 16.7 Å². The van der Waals surface area contributed by atoms with Gasteiger partial charge in [-0.05, 0) is 59.1 Å². The van der Waals surface area contributed by atoms with Gasteiger partial charge in [-0.25, -0.2) is 0 Å². The van der Waals surface area contributed by atoms with Gasteiger partial charge in [-0.15, -0.1) is 0 Å². The van der Waals surface area contributed by atoms with E-state index in [1.54, 1.807) is 6.07 Å². The highest BCUT2D eigenvalue weighted by Crippen LogP contribution is 2.32. The number of hydrogen-bond donors (Lipinski definition) is 2. The number of nitrogens with two attached hydrogens (primary N) is 1. The van der Waals surface area contributed by atoms with Crippen molar-refractivity contribution in [2.45, 2.75) is 13.8 Å². The third-order valence-corrected chi connectivity index (χ3v) is 3.56. The minimum absolute atomic E-state index is 0.00205. The smallest absolute Gasteiger partial charge is 0.175 e. The maximum absolute atomic E-state index is 8.89. The molecule has 0 aromatic heterocycles. The zero-order valence-electron chi connectivity index (χ0n) is 11.2. The highest BCUT2D eigenvalue weighted by molar-refractivity contribution is 9.10. The monoisotopic (exact) mass is 334 g/mol. The van der Waals surface area contributed by atoms with Gasteiger partial charge in [0, 0.05) is 4.47 Å². The van der Waals surface area contributed by atoms with Crippen LogP contribution in [-0.4, -0.2) is 11.0 Å². The van der Waals surface area contributed by atoms with E-state index in [4.69, 9.17) is 15.7 Å². The Morgan fingerprint density at radius 2 is 1.95 bits per heavy atom. The van der Waals surface area contributed by atoms with Crippen LogP contribution in [0.5, 0.6) is 11.5 Å². The van der Waals surface area contributed by atoms with Crippen LogP contribution >= 0.6 is 15.9 Å². The molecule has 0 spiro atoms. The summed E-state index contributed by atoms with van der Waals surface area (Å²) in [5.74, 6) is 1.27. The first-order valence-electron chi connectivity index (χ1n) is 6.04. The zero-order valence-corrected chi connectivity index (χ0v) is 12.8. The fraction of sp³-hybridized carbons (Fsp3) is 0.133. The summed E-state index contributed by atoms with van der Waals surface area (Å²) in [5, 5.41) is 11.9. The molecule has 0 saturated heterocycles. The SMILES string of the molecule is Cc1ccc(C)c(Oc2cccc(Br)c2/C(N)=N/O)c1. The van der Waals surface area contributed by atoms with E-state index in [0.29, 0.717) is 15.8 Å². The van der Waals surface area contributed by atoms with E-state index in [1.165, 1.54) is 0 Å². The Balaban J connectivity index is 2.49. The Labute approximate surface area is 126 Å². The quantitative estimate of drug-likeness (QED) is 0.386. The largest absolute Gasteiger partial charge is 0.456 e. The summed E-state index contributed by atoms with van der Waals surface area (Å²) in [6, 6.07) is 11.4. The fourth-order valence-electron chi connectivity index (χ4n) is 1.82. The van der Waals surface area contributed by atoms with E-state index in [9.17, 15) is 0 Å². The molecule has 5 heteroatoms. The number of rotatable bonds is 3. The number of benzene rings is 2. The minimum atomic E-state index is -0.00205. The summed E-state index contributed by atoms with van der Waals surface area (Å²) in [4.78, 5) is 0. The van der Waals surface area contributed by atoms with Crippen molar-refractivity contribution in [1.82, 2.24) is 0 Å². The first-order chi connectivity index (χ1) is 9.52. The summed E-state index contributed by atoms with van der Waals surface area (Å²) in [6.07, 6.45) is 0. The fourth-order valence-corrected chi connectivity index (χ4v) is 2.37. The molecule has 0 bridgehead atoms. The number of halogens is 1. The molecule has 0 heterocycles. The van der Waals surface area contributed by atoms with Gasteiger partial charge < -0.3 is 15.7 Å². The van der Waals surface area contributed by atoms with Crippen LogP contribution < -0.4 is 10.5 Å². The predicted molar refractivity (Wildman–Crippen MR) is 82.6 cm³/mol. The van der Waals surface area contributed by atoms with Crippen LogP contribution in [-0.2, 0) is 0 Å². The highest BCUT2D eigenvalue weighted by atomic mass is 79.9. The van der Waals surface area contributed by atoms with Crippen LogP contribution in [0.2, 0.25) is 0 Å². The Morgan fingerprint density at radius 3 is 2.65 bits per heavy atom. The maximum Gasteiger partial charge on any atom is 0.175 e. The molecule has 20 heavy (non-hydrogen) atoms. The van der Waals surface area contributed by atoms with Crippen molar-refractivity contribution in [1.29, 1.82) is 0 Å². The van der Waals surface area contributed by atoms with E-state index >= 15 is 0 Å². The molecule has 2 rings (SSSR count). The Kier molecular flexibility index (Phi) is 4.29. The van der Waals surface area contributed by atoms with Crippen LogP contribution in [0.15, 0.2) is 46.0 Å². The van der Waals surface area contributed by atoms with Crippen LogP contribution in [0, 0.1) is 13.8 Å². The number of aryl methyl sites for hydroxylation is 2. The van der Waals surface area contributed by atoms with Gasteiger partial charge in [-0.3, -0.25) is 0 Å². The number of hydrogen-bond acceptors (Lipinski definition) is 3. The van der Waals surface area contributed by atoms with E-state index < -0.39 is 0 Å². The molecule has 0 amide bonds. The average molecular weight is 335 g/mol. The number of ether oxygens (including phenoxy) is 1. The number of oxime groups is 1. The molecule has 0 aliphatic heterocycles. The molecule has 0 saturated carbocycles. The van der Waals surface area contributed by atoms with Gasteiger partial charge in [0.2, 0.25) is 0 Å². The normalized spacial score (nSPS) is 11.4. The molecular weight excluding hydrogens is 320 g/mol. The Morgan fingerprint density at radius 1 is 1.20 bits per heavy atom. The van der Waals surface area contributed by atoms with Gasteiger partial charge in [0.15, 0.2) is 5.84 Å². The molecule has 0 unspecified atom stereocenters.